The Balaban J connectivity index is 1.59. The maximum absolute atomic E-state index is 9.01. The summed E-state index contributed by atoms with van der Waals surface area (Å²) in [5.74, 6) is 1.27. The number of ether oxygens (including phenoxy) is 1. The average molecular weight is 309 g/mol. The average Bonchev–Trinajstić information content (AvgIpc) is 2.61. The molecule has 1 fully saturated rings. The third-order valence-electron chi connectivity index (χ3n) is 3.92. The van der Waals surface area contributed by atoms with Crippen LogP contribution in [0.5, 0.6) is 6.01 Å². The van der Waals surface area contributed by atoms with Crippen molar-refractivity contribution >= 4 is 5.82 Å². The van der Waals surface area contributed by atoms with Gasteiger partial charge in [-0.15, -0.1) is 0 Å². The first-order valence-corrected chi connectivity index (χ1v) is 7.77. The van der Waals surface area contributed by atoms with Crippen LogP contribution in [-0.4, -0.2) is 34.6 Å². The van der Waals surface area contributed by atoms with Crippen molar-refractivity contribution in [3.63, 3.8) is 0 Å². The maximum atomic E-state index is 9.01. The molecule has 0 aliphatic carbocycles. The quantitative estimate of drug-likeness (QED) is 0.863. The van der Waals surface area contributed by atoms with Crippen molar-refractivity contribution in [3.8, 4) is 12.1 Å². The van der Waals surface area contributed by atoms with Gasteiger partial charge >= 0.3 is 6.01 Å². The molecular weight excluding hydrogens is 290 g/mol. The van der Waals surface area contributed by atoms with E-state index in [1.54, 1.807) is 24.7 Å². The summed E-state index contributed by atoms with van der Waals surface area (Å²) in [5.41, 5.74) is 1.66. The molecule has 0 N–H and O–H groups in total. The summed E-state index contributed by atoms with van der Waals surface area (Å²) in [4.78, 5) is 14.9. The first-order valence-electron chi connectivity index (χ1n) is 7.77. The zero-order chi connectivity index (χ0) is 16.1. The summed E-state index contributed by atoms with van der Waals surface area (Å²) in [6.07, 6.45) is 7.40. The van der Waals surface area contributed by atoms with Gasteiger partial charge in [0.15, 0.2) is 0 Å². The lowest BCUT2D eigenvalue weighted by Gasteiger charge is -2.33. The molecule has 0 radical (unpaired) electrons. The van der Waals surface area contributed by atoms with Gasteiger partial charge in [-0.05, 0) is 37.5 Å². The van der Waals surface area contributed by atoms with Crippen molar-refractivity contribution < 1.29 is 4.74 Å². The van der Waals surface area contributed by atoms with Crippen LogP contribution in [0, 0.1) is 24.2 Å². The van der Waals surface area contributed by atoms with E-state index in [0.717, 1.165) is 37.3 Å². The maximum Gasteiger partial charge on any atom is 0.316 e. The molecule has 0 amide bonds. The fourth-order valence-corrected chi connectivity index (χ4v) is 2.72. The Hall–Kier alpha value is -2.68. The van der Waals surface area contributed by atoms with E-state index in [1.807, 2.05) is 13.0 Å². The van der Waals surface area contributed by atoms with Gasteiger partial charge in [-0.2, -0.15) is 5.26 Å². The van der Waals surface area contributed by atoms with Gasteiger partial charge in [0, 0.05) is 37.6 Å². The van der Waals surface area contributed by atoms with Gasteiger partial charge in [0.05, 0.1) is 18.2 Å². The highest BCUT2D eigenvalue weighted by atomic mass is 16.5. The van der Waals surface area contributed by atoms with Crippen LogP contribution in [0.1, 0.15) is 24.0 Å². The summed E-state index contributed by atoms with van der Waals surface area (Å²) < 4.78 is 5.71. The summed E-state index contributed by atoms with van der Waals surface area (Å²) in [7, 11) is 0. The van der Waals surface area contributed by atoms with Crippen molar-refractivity contribution in [1.82, 2.24) is 15.0 Å². The Morgan fingerprint density at radius 2 is 2.17 bits per heavy atom. The molecule has 3 rings (SSSR count). The van der Waals surface area contributed by atoms with Crippen molar-refractivity contribution in [1.29, 1.82) is 5.26 Å². The number of pyridine rings is 1. The number of anilines is 1. The number of piperidine rings is 1. The Morgan fingerprint density at radius 3 is 2.96 bits per heavy atom. The second-order valence-corrected chi connectivity index (χ2v) is 5.82. The Morgan fingerprint density at radius 1 is 1.35 bits per heavy atom. The molecule has 0 spiro atoms. The van der Waals surface area contributed by atoms with Gasteiger partial charge in [0.2, 0.25) is 0 Å². The third-order valence-corrected chi connectivity index (χ3v) is 3.92. The predicted molar refractivity (Wildman–Crippen MR) is 86.2 cm³/mol. The Labute approximate surface area is 135 Å². The summed E-state index contributed by atoms with van der Waals surface area (Å²) in [6.45, 7) is 4.37. The van der Waals surface area contributed by atoms with Gasteiger partial charge in [-0.25, -0.2) is 15.0 Å². The normalized spacial score (nSPS) is 17.6. The molecule has 6 nitrogen and oxygen atoms in total. The molecule has 1 saturated heterocycles. The topological polar surface area (TPSA) is 74.9 Å². The van der Waals surface area contributed by atoms with Gasteiger partial charge in [0.1, 0.15) is 5.82 Å². The molecule has 1 atom stereocenters. The molecule has 0 bridgehead atoms. The highest BCUT2D eigenvalue weighted by Crippen LogP contribution is 2.22. The van der Waals surface area contributed by atoms with Crippen LogP contribution in [0.4, 0.5) is 5.82 Å². The first kappa shape index (κ1) is 15.2. The number of rotatable bonds is 4. The van der Waals surface area contributed by atoms with Gasteiger partial charge in [-0.1, -0.05) is 0 Å². The minimum Gasteiger partial charge on any atom is -0.463 e. The largest absolute Gasteiger partial charge is 0.463 e. The number of aryl methyl sites for hydroxylation is 1. The zero-order valence-corrected chi connectivity index (χ0v) is 13.1. The molecule has 0 aromatic carbocycles. The molecule has 2 aromatic rings. The highest BCUT2D eigenvalue weighted by molar-refractivity contribution is 5.45. The van der Waals surface area contributed by atoms with Gasteiger partial charge < -0.3 is 9.64 Å². The molecular formula is C17H19N5O. The number of hydrogen-bond acceptors (Lipinski definition) is 6. The Bertz CT molecular complexity index is 695. The number of nitrogens with zero attached hydrogens (tertiary/aromatic N) is 5. The summed E-state index contributed by atoms with van der Waals surface area (Å²) in [6, 6.07) is 6.15. The standard InChI is InChI=1S/C17H19N5O/c1-13-9-20-17(21-10-13)23-12-15-3-2-6-22(11-15)16-7-14(8-18)4-5-19-16/h4-5,7,9-10,15H,2-3,6,11-12H2,1H3. The van der Waals surface area contributed by atoms with Gasteiger partial charge in [0.25, 0.3) is 0 Å². The number of nitriles is 1. The van der Waals surface area contributed by atoms with Crippen LogP contribution in [0.3, 0.4) is 0 Å². The molecule has 6 heteroatoms. The van der Waals surface area contributed by atoms with E-state index in [0.29, 0.717) is 24.1 Å². The molecule has 1 aliphatic heterocycles. The SMILES string of the molecule is Cc1cnc(OCC2CCCN(c3cc(C#N)ccn3)C2)nc1. The van der Waals surface area contributed by atoms with Crippen LogP contribution < -0.4 is 9.64 Å². The van der Waals surface area contributed by atoms with E-state index in [1.165, 1.54) is 0 Å². The monoisotopic (exact) mass is 309 g/mol. The molecule has 3 heterocycles. The van der Waals surface area contributed by atoms with E-state index in [2.05, 4.69) is 25.9 Å². The first-order chi connectivity index (χ1) is 11.2. The van der Waals surface area contributed by atoms with E-state index < -0.39 is 0 Å². The number of hydrogen-bond donors (Lipinski definition) is 0. The summed E-state index contributed by atoms with van der Waals surface area (Å²) >= 11 is 0. The lowest BCUT2D eigenvalue weighted by Crippen LogP contribution is -2.38. The molecule has 23 heavy (non-hydrogen) atoms. The van der Waals surface area contributed by atoms with Crippen molar-refractivity contribution in [2.45, 2.75) is 19.8 Å². The minimum absolute atomic E-state index is 0.404. The van der Waals surface area contributed by atoms with Crippen molar-refractivity contribution in [2.75, 3.05) is 24.6 Å². The van der Waals surface area contributed by atoms with Crippen molar-refractivity contribution in [3.05, 3.63) is 41.9 Å². The second kappa shape index (κ2) is 7.05. The zero-order valence-electron chi connectivity index (χ0n) is 13.1. The predicted octanol–water partition coefficient (Wildman–Crippen LogP) is 2.35. The van der Waals surface area contributed by atoms with Gasteiger partial charge in [-0.3, -0.25) is 0 Å². The second-order valence-electron chi connectivity index (χ2n) is 5.82. The highest BCUT2D eigenvalue weighted by Gasteiger charge is 2.22. The third kappa shape index (κ3) is 3.95. The van der Waals surface area contributed by atoms with Crippen LogP contribution in [-0.2, 0) is 0 Å². The molecule has 1 aliphatic rings. The molecule has 1 unspecified atom stereocenters. The molecule has 0 saturated carbocycles. The van der Waals surface area contributed by atoms with Crippen LogP contribution in [0.25, 0.3) is 0 Å². The van der Waals surface area contributed by atoms with E-state index in [4.69, 9.17) is 10.00 Å². The lowest BCUT2D eigenvalue weighted by atomic mass is 9.99. The van der Waals surface area contributed by atoms with Crippen LogP contribution in [0.2, 0.25) is 0 Å². The molecule has 118 valence electrons. The smallest absolute Gasteiger partial charge is 0.316 e. The lowest BCUT2D eigenvalue weighted by molar-refractivity contribution is 0.213. The van der Waals surface area contributed by atoms with Crippen LogP contribution in [0.15, 0.2) is 30.7 Å². The fourth-order valence-electron chi connectivity index (χ4n) is 2.72. The Kier molecular flexibility index (Phi) is 4.67. The fraction of sp³-hybridized carbons (Fsp3) is 0.412. The minimum atomic E-state index is 0.404. The van der Waals surface area contributed by atoms with Crippen LogP contribution >= 0.6 is 0 Å². The van der Waals surface area contributed by atoms with E-state index in [-0.39, 0.29) is 0 Å². The summed E-state index contributed by atoms with van der Waals surface area (Å²) in [5, 5.41) is 9.01. The molecule has 2 aromatic heterocycles. The van der Waals surface area contributed by atoms with E-state index in [9.17, 15) is 0 Å². The van der Waals surface area contributed by atoms with Crippen molar-refractivity contribution in [2.24, 2.45) is 5.92 Å². The van der Waals surface area contributed by atoms with E-state index >= 15 is 0 Å². The number of aromatic nitrogens is 3.